The van der Waals surface area contributed by atoms with Crippen molar-refractivity contribution in [1.82, 2.24) is 0 Å². The summed E-state index contributed by atoms with van der Waals surface area (Å²) in [5.74, 6) is -0.948. The molecule has 11 heteroatoms. The molecule has 0 aliphatic rings. The van der Waals surface area contributed by atoms with Crippen molar-refractivity contribution in [3.8, 4) is 0 Å². The van der Waals surface area contributed by atoms with Gasteiger partial charge in [0.05, 0.1) is 19.8 Å². The highest BCUT2D eigenvalue weighted by atomic mass is 31.2. The number of unbranched alkanes of at least 4 members (excludes halogenated alkanes) is 16. The maximum atomic E-state index is 12.6. The van der Waals surface area contributed by atoms with Crippen molar-refractivity contribution < 1.29 is 47.8 Å². The molecule has 0 saturated carbocycles. The Hall–Kier alpha value is -2.33. The van der Waals surface area contributed by atoms with Crippen LogP contribution in [-0.2, 0) is 32.7 Å². The Morgan fingerprint density at radius 3 is 1.50 bits per heavy atom. The maximum absolute atomic E-state index is 12.6. The fraction of sp³-hybridized carbons (Fsp3) is 0.733. The van der Waals surface area contributed by atoms with Crippen molar-refractivity contribution in [1.29, 1.82) is 0 Å². The van der Waals surface area contributed by atoms with Crippen molar-refractivity contribution in [2.75, 3.05) is 26.4 Å². The third kappa shape index (κ3) is 39.9. The van der Waals surface area contributed by atoms with Crippen molar-refractivity contribution in [3.63, 3.8) is 0 Å². The molecule has 0 aromatic heterocycles. The number of rotatable bonds is 40. The van der Waals surface area contributed by atoms with Crippen LogP contribution < -0.4 is 0 Å². The smallest absolute Gasteiger partial charge is 0.462 e. The summed E-state index contributed by atoms with van der Waals surface area (Å²) in [4.78, 5) is 35.0. The molecule has 3 N–H and O–H groups in total. The second-order valence-electron chi connectivity index (χ2n) is 14.3. The number of carbonyl (C=O) groups is 2. The first-order valence-electron chi connectivity index (χ1n) is 21.7. The lowest BCUT2D eigenvalue weighted by Crippen LogP contribution is -2.29. The van der Waals surface area contributed by atoms with Crippen molar-refractivity contribution in [2.24, 2.45) is 0 Å². The Balaban J connectivity index is 4.29. The number of phosphoric ester groups is 1. The van der Waals surface area contributed by atoms with Crippen LogP contribution in [0, 0.1) is 0 Å². The van der Waals surface area contributed by atoms with E-state index in [1.165, 1.54) is 44.9 Å². The minimum Gasteiger partial charge on any atom is -0.462 e. The van der Waals surface area contributed by atoms with E-state index in [0.717, 1.165) is 89.9 Å². The minimum atomic E-state index is -4.62. The number of ether oxygens (including phenoxy) is 2. The highest BCUT2D eigenvalue weighted by Gasteiger charge is 2.27. The second kappa shape index (κ2) is 40.9. The van der Waals surface area contributed by atoms with E-state index in [0.29, 0.717) is 12.8 Å². The average Bonchev–Trinajstić information content (AvgIpc) is 3.19. The summed E-state index contributed by atoms with van der Waals surface area (Å²) in [5, 5.41) is 18.3. The standard InChI is InChI=1S/C45H79O10P/c1-3-5-7-9-11-13-15-17-18-19-20-21-22-23-24-25-27-29-31-33-35-37-45(49)55-43(41-54-56(50,51)53-39-42(47)38-46)40-52-44(48)36-34-32-30-28-26-16-14-12-10-8-6-4-2/h5,7,11-14,17-18,20-21,42-43,46-47H,3-4,6,8-10,15-16,19,22-41H2,1-2H3,(H,50,51)/b7-5-,13-11-,14-12-,18-17-,21-20-. The number of aliphatic hydroxyl groups excluding tert-OH is 2. The number of hydrogen-bond donors (Lipinski definition) is 3. The SMILES string of the molecule is CC/C=C\C/C=C\C/C=C\C/C=C\CCCCCCCCCCC(=O)OC(COC(=O)CCCCCCC/C=C\CCCCC)COP(=O)(O)OCC(O)CO. The molecular weight excluding hydrogens is 731 g/mol. The Morgan fingerprint density at radius 1 is 0.554 bits per heavy atom. The van der Waals surface area contributed by atoms with E-state index in [4.69, 9.17) is 19.1 Å². The van der Waals surface area contributed by atoms with Crippen LogP contribution in [0.4, 0.5) is 0 Å². The van der Waals surface area contributed by atoms with Gasteiger partial charge in [-0.3, -0.25) is 18.6 Å². The van der Waals surface area contributed by atoms with Crippen LogP contribution in [0.5, 0.6) is 0 Å². The summed E-state index contributed by atoms with van der Waals surface area (Å²) >= 11 is 0. The third-order valence-corrected chi connectivity index (χ3v) is 9.86. The van der Waals surface area contributed by atoms with E-state index in [2.05, 4.69) is 79.1 Å². The van der Waals surface area contributed by atoms with Crippen LogP contribution in [0.3, 0.4) is 0 Å². The van der Waals surface area contributed by atoms with Gasteiger partial charge in [0.15, 0.2) is 6.10 Å². The monoisotopic (exact) mass is 811 g/mol. The Kier molecular flexibility index (Phi) is 39.2. The first-order valence-corrected chi connectivity index (χ1v) is 23.2. The zero-order valence-corrected chi connectivity index (χ0v) is 36.0. The summed E-state index contributed by atoms with van der Waals surface area (Å²) in [7, 11) is -4.62. The second-order valence-corrected chi connectivity index (χ2v) is 15.8. The predicted octanol–water partition coefficient (Wildman–Crippen LogP) is 11.5. The third-order valence-electron chi connectivity index (χ3n) is 8.91. The molecule has 324 valence electrons. The van der Waals surface area contributed by atoms with Gasteiger partial charge >= 0.3 is 19.8 Å². The summed E-state index contributed by atoms with van der Waals surface area (Å²) in [6, 6.07) is 0. The summed E-state index contributed by atoms with van der Waals surface area (Å²) < 4.78 is 32.7. The zero-order valence-electron chi connectivity index (χ0n) is 35.1. The number of allylic oxidation sites excluding steroid dienone is 10. The van der Waals surface area contributed by atoms with Crippen LogP contribution in [0.15, 0.2) is 60.8 Å². The van der Waals surface area contributed by atoms with Crippen molar-refractivity contribution in [3.05, 3.63) is 60.8 Å². The summed E-state index contributed by atoms with van der Waals surface area (Å²) in [6.07, 6.45) is 44.7. The van der Waals surface area contributed by atoms with Gasteiger partial charge in [0.1, 0.15) is 12.7 Å². The maximum Gasteiger partial charge on any atom is 0.472 e. The van der Waals surface area contributed by atoms with Gasteiger partial charge < -0.3 is 24.6 Å². The van der Waals surface area contributed by atoms with Gasteiger partial charge in [-0.25, -0.2) is 4.57 Å². The zero-order chi connectivity index (χ0) is 41.2. The van der Waals surface area contributed by atoms with E-state index >= 15 is 0 Å². The first kappa shape index (κ1) is 53.7. The van der Waals surface area contributed by atoms with Crippen LogP contribution in [0.2, 0.25) is 0 Å². The normalized spacial score (nSPS) is 14.4. The van der Waals surface area contributed by atoms with E-state index in [1.54, 1.807) is 0 Å². The molecule has 0 heterocycles. The van der Waals surface area contributed by atoms with Crippen LogP contribution in [-0.4, -0.2) is 65.7 Å². The highest BCUT2D eigenvalue weighted by molar-refractivity contribution is 7.47. The average molecular weight is 811 g/mol. The number of hydrogen-bond acceptors (Lipinski definition) is 9. The number of phosphoric acid groups is 1. The minimum absolute atomic E-state index is 0.171. The Bertz CT molecular complexity index is 1120. The molecule has 10 nitrogen and oxygen atoms in total. The van der Waals surface area contributed by atoms with E-state index in [9.17, 15) is 24.2 Å². The number of aliphatic hydroxyl groups is 2. The van der Waals surface area contributed by atoms with Crippen LogP contribution >= 0.6 is 7.82 Å². The molecule has 0 amide bonds. The van der Waals surface area contributed by atoms with Gasteiger partial charge in [0.25, 0.3) is 0 Å². The Morgan fingerprint density at radius 2 is 0.982 bits per heavy atom. The fourth-order valence-electron chi connectivity index (χ4n) is 5.57. The number of carbonyl (C=O) groups excluding carboxylic acids is 2. The van der Waals surface area contributed by atoms with Crippen molar-refractivity contribution >= 4 is 19.8 Å². The summed E-state index contributed by atoms with van der Waals surface area (Å²) in [6.45, 7) is 2.21. The lowest BCUT2D eigenvalue weighted by Gasteiger charge is -2.20. The molecule has 0 saturated heterocycles. The topological polar surface area (TPSA) is 149 Å². The molecule has 0 rings (SSSR count). The molecule has 0 aliphatic carbocycles. The van der Waals surface area contributed by atoms with Gasteiger partial charge in [0.2, 0.25) is 0 Å². The Labute approximate surface area is 340 Å². The molecule has 0 fully saturated rings. The molecule has 56 heavy (non-hydrogen) atoms. The molecule has 0 aromatic carbocycles. The number of esters is 2. The molecule has 0 bridgehead atoms. The molecule has 0 aliphatic heterocycles. The van der Waals surface area contributed by atoms with Crippen LogP contribution in [0.25, 0.3) is 0 Å². The molecule has 0 spiro atoms. The first-order chi connectivity index (χ1) is 27.2. The molecule has 0 aromatic rings. The molecule has 3 atom stereocenters. The van der Waals surface area contributed by atoms with Gasteiger partial charge in [-0.15, -0.1) is 0 Å². The van der Waals surface area contributed by atoms with E-state index < -0.39 is 51.8 Å². The lowest BCUT2D eigenvalue weighted by atomic mass is 10.1. The van der Waals surface area contributed by atoms with E-state index in [-0.39, 0.29) is 19.4 Å². The van der Waals surface area contributed by atoms with E-state index in [1.807, 2.05) is 0 Å². The van der Waals surface area contributed by atoms with Gasteiger partial charge in [-0.1, -0.05) is 145 Å². The van der Waals surface area contributed by atoms with Gasteiger partial charge in [0, 0.05) is 12.8 Å². The van der Waals surface area contributed by atoms with Crippen molar-refractivity contribution in [2.45, 2.75) is 187 Å². The summed E-state index contributed by atoms with van der Waals surface area (Å²) in [5.41, 5.74) is 0. The fourth-order valence-corrected chi connectivity index (χ4v) is 6.36. The quantitative estimate of drug-likeness (QED) is 0.0236. The molecular formula is C45H79O10P. The highest BCUT2D eigenvalue weighted by Crippen LogP contribution is 2.43. The van der Waals surface area contributed by atoms with Crippen LogP contribution in [0.1, 0.15) is 174 Å². The molecule has 0 radical (unpaired) electrons. The predicted molar refractivity (Wildman–Crippen MR) is 228 cm³/mol. The van der Waals surface area contributed by atoms with Gasteiger partial charge in [-0.2, -0.15) is 0 Å². The lowest BCUT2D eigenvalue weighted by molar-refractivity contribution is -0.161. The van der Waals surface area contributed by atoms with Gasteiger partial charge in [-0.05, 0) is 77.0 Å². The molecule has 3 unspecified atom stereocenters. The largest absolute Gasteiger partial charge is 0.472 e.